The third kappa shape index (κ3) is 1.99. The molecule has 0 saturated heterocycles. The van der Waals surface area contributed by atoms with Crippen molar-refractivity contribution < 1.29 is 23.5 Å². The summed E-state index contributed by atoms with van der Waals surface area (Å²) in [5.74, 6) is 0.413. The molecule has 3 atom stereocenters. The number of aromatic nitrogens is 1. The summed E-state index contributed by atoms with van der Waals surface area (Å²) in [6, 6.07) is 0. The Morgan fingerprint density at radius 2 is 1.90 bits per heavy atom. The molecule has 2 saturated carbocycles. The Bertz CT molecular complexity index is 516. The zero-order valence-corrected chi connectivity index (χ0v) is 11.5. The number of carbonyl (C=O) groups excluding carboxylic acids is 2. The van der Waals surface area contributed by atoms with Gasteiger partial charge in [-0.2, -0.15) is 0 Å². The van der Waals surface area contributed by atoms with Crippen LogP contribution in [0.25, 0.3) is 0 Å². The van der Waals surface area contributed by atoms with Crippen molar-refractivity contribution >= 4 is 11.9 Å². The number of carbonyl (C=O) groups is 2. The van der Waals surface area contributed by atoms with Gasteiger partial charge in [-0.15, -0.1) is 0 Å². The summed E-state index contributed by atoms with van der Waals surface area (Å²) in [5.41, 5.74) is -0.0860. The van der Waals surface area contributed by atoms with Crippen LogP contribution >= 0.6 is 0 Å². The fourth-order valence-corrected chi connectivity index (χ4v) is 3.51. The molecule has 0 aliphatic heterocycles. The highest BCUT2D eigenvalue weighted by atomic mass is 16.5. The summed E-state index contributed by atoms with van der Waals surface area (Å²) in [4.78, 5) is 27.6. The molecule has 2 fully saturated rings. The van der Waals surface area contributed by atoms with Crippen LogP contribution in [0.2, 0.25) is 0 Å². The van der Waals surface area contributed by atoms with Gasteiger partial charge in [0.1, 0.15) is 0 Å². The summed E-state index contributed by atoms with van der Waals surface area (Å²) in [5, 5.41) is 0. The van der Waals surface area contributed by atoms with Crippen LogP contribution in [0.3, 0.4) is 0 Å². The topological polar surface area (TPSA) is 78.6 Å². The van der Waals surface area contributed by atoms with Crippen LogP contribution < -0.4 is 0 Å². The van der Waals surface area contributed by atoms with Crippen LogP contribution in [0, 0.1) is 11.8 Å². The van der Waals surface area contributed by atoms with Gasteiger partial charge in [-0.1, -0.05) is 6.42 Å². The Morgan fingerprint density at radius 3 is 2.45 bits per heavy atom. The van der Waals surface area contributed by atoms with E-state index in [1.54, 1.807) is 0 Å². The first-order chi connectivity index (χ1) is 9.63. The minimum Gasteiger partial charge on any atom is -0.464 e. The van der Waals surface area contributed by atoms with Crippen molar-refractivity contribution in [1.29, 1.82) is 0 Å². The third-order valence-corrected chi connectivity index (χ3v) is 4.45. The average molecular weight is 279 g/mol. The average Bonchev–Trinajstić information content (AvgIpc) is 3.18. The maximum Gasteiger partial charge on any atom is 0.376 e. The minimum absolute atomic E-state index is 0.0860. The van der Waals surface area contributed by atoms with Gasteiger partial charge in [-0.25, -0.2) is 14.6 Å². The van der Waals surface area contributed by atoms with E-state index in [0.29, 0.717) is 11.8 Å². The number of nitrogens with zero attached hydrogens (tertiary/aromatic N) is 1. The first kappa shape index (κ1) is 13.1. The Kier molecular flexibility index (Phi) is 3.23. The van der Waals surface area contributed by atoms with E-state index in [9.17, 15) is 9.59 Å². The van der Waals surface area contributed by atoms with Crippen molar-refractivity contribution in [2.24, 2.45) is 11.8 Å². The summed E-state index contributed by atoms with van der Waals surface area (Å²) in [6.07, 6.45) is 4.63. The van der Waals surface area contributed by atoms with E-state index in [2.05, 4.69) is 14.5 Å². The van der Waals surface area contributed by atoms with E-state index in [1.807, 2.05) is 0 Å². The van der Waals surface area contributed by atoms with Gasteiger partial charge >= 0.3 is 11.9 Å². The number of oxazole rings is 1. The molecular formula is C14H17NO5. The van der Waals surface area contributed by atoms with Crippen LogP contribution in [0.1, 0.15) is 58.5 Å². The number of esters is 2. The molecule has 2 bridgehead atoms. The lowest BCUT2D eigenvalue weighted by atomic mass is 9.89. The van der Waals surface area contributed by atoms with Gasteiger partial charge in [0.2, 0.25) is 11.5 Å². The third-order valence-electron chi connectivity index (χ3n) is 4.45. The highest BCUT2D eigenvalue weighted by molar-refractivity contribution is 5.99. The van der Waals surface area contributed by atoms with Crippen molar-refractivity contribution in [2.75, 3.05) is 14.2 Å². The van der Waals surface area contributed by atoms with E-state index in [0.717, 1.165) is 12.3 Å². The molecule has 1 aromatic heterocycles. The lowest BCUT2D eigenvalue weighted by Gasteiger charge is -2.17. The molecule has 2 aliphatic carbocycles. The van der Waals surface area contributed by atoms with Crippen LogP contribution in [0.15, 0.2) is 4.42 Å². The molecule has 0 N–H and O–H groups in total. The van der Waals surface area contributed by atoms with E-state index in [4.69, 9.17) is 4.42 Å². The second-order valence-corrected chi connectivity index (χ2v) is 5.49. The predicted molar refractivity (Wildman–Crippen MR) is 67.4 cm³/mol. The smallest absolute Gasteiger partial charge is 0.376 e. The number of methoxy groups -OCH3 is 2. The molecule has 20 heavy (non-hydrogen) atoms. The van der Waals surface area contributed by atoms with Crippen LogP contribution in [-0.2, 0) is 9.47 Å². The van der Waals surface area contributed by atoms with Gasteiger partial charge in [0, 0.05) is 5.92 Å². The van der Waals surface area contributed by atoms with Gasteiger partial charge in [0.05, 0.1) is 14.2 Å². The summed E-state index contributed by atoms with van der Waals surface area (Å²) in [7, 11) is 2.48. The number of hydrogen-bond donors (Lipinski definition) is 0. The molecule has 3 rings (SSSR count). The zero-order valence-electron chi connectivity index (χ0n) is 11.5. The van der Waals surface area contributed by atoms with E-state index >= 15 is 0 Å². The zero-order chi connectivity index (χ0) is 14.3. The van der Waals surface area contributed by atoms with Crippen molar-refractivity contribution in [3.63, 3.8) is 0 Å². The Labute approximate surface area is 116 Å². The monoisotopic (exact) mass is 279 g/mol. The number of fused-ring (bicyclic) bond motifs is 2. The van der Waals surface area contributed by atoms with Gasteiger partial charge in [-0.05, 0) is 31.1 Å². The summed E-state index contributed by atoms with van der Waals surface area (Å²) in [6.45, 7) is 0. The summed E-state index contributed by atoms with van der Waals surface area (Å²) >= 11 is 0. The molecule has 0 aromatic carbocycles. The van der Waals surface area contributed by atoms with Gasteiger partial charge in [0.25, 0.3) is 0 Å². The molecule has 1 aromatic rings. The molecule has 1 heterocycles. The molecule has 0 spiro atoms. The number of rotatable bonds is 3. The maximum absolute atomic E-state index is 11.7. The molecule has 3 unspecified atom stereocenters. The van der Waals surface area contributed by atoms with Crippen molar-refractivity contribution in [1.82, 2.24) is 4.98 Å². The molecule has 0 amide bonds. The van der Waals surface area contributed by atoms with Crippen molar-refractivity contribution in [3.05, 3.63) is 17.3 Å². The lowest BCUT2D eigenvalue weighted by molar-refractivity contribution is 0.0525. The van der Waals surface area contributed by atoms with Gasteiger partial charge < -0.3 is 13.9 Å². The lowest BCUT2D eigenvalue weighted by Crippen LogP contribution is -2.11. The quantitative estimate of drug-likeness (QED) is 0.789. The van der Waals surface area contributed by atoms with E-state index < -0.39 is 11.9 Å². The van der Waals surface area contributed by atoms with Gasteiger partial charge in [0.15, 0.2) is 5.89 Å². The first-order valence-electron chi connectivity index (χ1n) is 6.81. The molecular weight excluding hydrogens is 262 g/mol. The predicted octanol–water partition coefficient (Wildman–Crippen LogP) is 2.15. The normalized spacial score (nSPS) is 27.6. The van der Waals surface area contributed by atoms with Crippen molar-refractivity contribution in [3.8, 4) is 0 Å². The fourth-order valence-electron chi connectivity index (χ4n) is 3.51. The maximum atomic E-state index is 11.7. The standard InChI is InChI=1S/C14H17NO5/c1-18-13(16)10-11(14(17)19-2)20-12(15-10)9-6-7-3-4-8(9)5-7/h7-9H,3-6H2,1-2H3. The Balaban J connectivity index is 1.94. The van der Waals surface area contributed by atoms with Crippen molar-refractivity contribution in [2.45, 2.75) is 31.6 Å². The molecule has 6 heteroatoms. The largest absolute Gasteiger partial charge is 0.464 e. The van der Waals surface area contributed by atoms with Crippen LogP contribution in [-0.4, -0.2) is 31.1 Å². The first-order valence-corrected chi connectivity index (χ1v) is 6.81. The second-order valence-electron chi connectivity index (χ2n) is 5.49. The van der Waals surface area contributed by atoms with Crippen LogP contribution in [0.5, 0.6) is 0 Å². The fraction of sp³-hybridized carbons (Fsp3) is 0.643. The second kappa shape index (κ2) is 4.92. The number of ether oxygens (including phenoxy) is 2. The van der Waals surface area contributed by atoms with E-state index in [-0.39, 0.29) is 17.4 Å². The van der Waals surface area contributed by atoms with Crippen LogP contribution in [0.4, 0.5) is 0 Å². The Hall–Kier alpha value is -1.85. The molecule has 2 aliphatic rings. The highest BCUT2D eigenvalue weighted by Gasteiger charge is 2.43. The molecule has 108 valence electrons. The molecule has 6 nitrogen and oxygen atoms in total. The summed E-state index contributed by atoms with van der Waals surface area (Å²) < 4.78 is 14.8. The SMILES string of the molecule is COC(=O)c1nc(C2CC3CCC2C3)oc1C(=O)OC. The van der Waals surface area contributed by atoms with Gasteiger partial charge in [-0.3, -0.25) is 0 Å². The molecule has 0 radical (unpaired) electrons. The van der Waals surface area contributed by atoms with E-state index in [1.165, 1.54) is 33.5 Å². The minimum atomic E-state index is -0.702. The Morgan fingerprint density at radius 1 is 1.15 bits per heavy atom. The number of hydrogen-bond acceptors (Lipinski definition) is 6. The highest BCUT2D eigenvalue weighted by Crippen LogP contribution is 2.52.